The number of esters is 1. The fourth-order valence-electron chi connectivity index (χ4n) is 1.22. The lowest BCUT2D eigenvalue weighted by molar-refractivity contribution is -0.139. The molecule has 1 aromatic carbocycles. The first-order valence-corrected chi connectivity index (χ1v) is 4.87. The fraction of sp³-hybridized carbons (Fsp3) is 0.273. The third-order valence-corrected chi connectivity index (χ3v) is 2.09. The molecule has 6 heteroatoms. The monoisotopic (exact) mass is 238 g/mol. The van der Waals surface area contributed by atoms with Crippen molar-refractivity contribution >= 4 is 17.6 Å². The smallest absolute Gasteiger partial charge is 0.325 e. The molecule has 0 aliphatic heterocycles. The molecule has 0 bridgehead atoms. The Balaban J connectivity index is 2.78. The summed E-state index contributed by atoms with van der Waals surface area (Å²) in [5.41, 5.74) is 6.36. The van der Waals surface area contributed by atoms with Gasteiger partial charge in [-0.05, 0) is 12.1 Å². The summed E-state index contributed by atoms with van der Waals surface area (Å²) in [7, 11) is 2.68. The zero-order valence-corrected chi connectivity index (χ0v) is 9.65. The number of ether oxygens (including phenoxy) is 2. The molecule has 0 saturated carbocycles. The summed E-state index contributed by atoms with van der Waals surface area (Å²) in [5, 5.41) is 2.41. The first-order chi connectivity index (χ1) is 8.08. The maximum absolute atomic E-state index is 11.7. The van der Waals surface area contributed by atoms with E-state index in [9.17, 15) is 9.59 Å². The number of amides is 1. The number of methoxy groups -OCH3 is 2. The minimum atomic E-state index is -0.521. The van der Waals surface area contributed by atoms with Crippen LogP contribution in [0, 0.1) is 0 Å². The molecule has 0 heterocycles. The van der Waals surface area contributed by atoms with E-state index in [1.807, 2.05) is 0 Å². The van der Waals surface area contributed by atoms with Crippen LogP contribution in [0.3, 0.4) is 0 Å². The number of carbonyl (C=O) groups excluding carboxylic acids is 2. The van der Waals surface area contributed by atoms with Gasteiger partial charge in [-0.25, -0.2) is 0 Å². The first kappa shape index (κ1) is 12.8. The molecule has 6 nitrogen and oxygen atoms in total. The molecule has 92 valence electrons. The minimum Gasteiger partial charge on any atom is -0.496 e. The van der Waals surface area contributed by atoms with Crippen LogP contribution < -0.4 is 15.8 Å². The number of anilines is 1. The molecule has 0 saturated heterocycles. The highest BCUT2D eigenvalue weighted by Gasteiger charge is 2.13. The molecule has 1 rings (SSSR count). The Labute approximate surface area is 98.7 Å². The highest BCUT2D eigenvalue weighted by Crippen LogP contribution is 2.21. The zero-order chi connectivity index (χ0) is 12.8. The van der Waals surface area contributed by atoms with Crippen molar-refractivity contribution in [1.29, 1.82) is 0 Å². The van der Waals surface area contributed by atoms with Crippen LogP contribution in [0.25, 0.3) is 0 Å². The number of nitrogens with one attached hydrogen (secondary N) is 1. The summed E-state index contributed by atoms with van der Waals surface area (Å²) < 4.78 is 9.43. The van der Waals surface area contributed by atoms with Crippen molar-refractivity contribution in [1.82, 2.24) is 5.32 Å². The van der Waals surface area contributed by atoms with E-state index in [0.29, 0.717) is 17.0 Å². The normalized spacial score (nSPS) is 9.53. The largest absolute Gasteiger partial charge is 0.496 e. The number of rotatable bonds is 4. The van der Waals surface area contributed by atoms with Crippen LogP contribution in [-0.4, -0.2) is 32.6 Å². The number of nitrogen functional groups attached to an aromatic ring is 1. The van der Waals surface area contributed by atoms with E-state index in [0.717, 1.165) is 0 Å². The van der Waals surface area contributed by atoms with Crippen LogP contribution >= 0.6 is 0 Å². The van der Waals surface area contributed by atoms with Crippen LogP contribution in [0.4, 0.5) is 5.69 Å². The molecule has 0 atom stereocenters. The van der Waals surface area contributed by atoms with E-state index < -0.39 is 11.9 Å². The maximum atomic E-state index is 11.7. The van der Waals surface area contributed by atoms with Gasteiger partial charge in [-0.3, -0.25) is 9.59 Å². The minimum absolute atomic E-state index is 0.192. The summed E-state index contributed by atoms with van der Waals surface area (Å²) in [6.45, 7) is -0.192. The lowest BCUT2D eigenvalue weighted by atomic mass is 10.1. The second kappa shape index (κ2) is 5.74. The van der Waals surface area contributed by atoms with Gasteiger partial charge in [-0.2, -0.15) is 0 Å². The van der Waals surface area contributed by atoms with Gasteiger partial charge >= 0.3 is 5.97 Å². The van der Waals surface area contributed by atoms with Crippen LogP contribution in [0.2, 0.25) is 0 Å². The van der Waals surface area contributed by atoms with E-state index in [1.54, 1.807) is 6.07 Å². The number of nitrogens with two attached hydrogens (primary N) is 1. The van der Waals surface area contributed by atoms with Crippen molar-refractivity contribution in [3.8, 4) is 5.75 Å². The van der Waals surface area contributed by atoms with Gasteiger partial charge < -0.3 is 20.5 Å². The molecule has 0 spiro atoms. The summed E-state index contributed by atoms with van der Waals surface area (Å²) in [5.74, 6) is -0.590. The average molecular weight is 238 g/mol. The number of benzene rings is 1. The van der Waals surface area contributed by atoms with E-state index in [1.165, 1.54) is 26.4 Å². The summed E-state index contributed by atoms with van der Waals surface area (Å²) in [6.07, 6.45) is 0. The van der Waals surface area contributed by atoms with Crippen LogP contribution in [0.1, 0.15) is 10.4 Å². The van der Waals surface area contributed by atoms with Gasteiger partial charge in [0.25, 0.3) is 5.91 Å². The van der Waals surface area contributed by atoms with Gasteiger partial charge in [0.1, 0.15) is 12.3 Å². The molecule has 0 aliphatic rings. The summed E-state index contributed by atoms with van der Waals surface area (Å²) >= 11 is 0. The molecule has 0 aromatic heterocycles. The van der Waals surface area contributed by atoms with E-state index in [4.69, 9.17) is 10.5 Å². The van der Waals surface area contributed by atoms with Crippen LogP contribution in [-0.2, 0) is 9.53 Å². The van der Waals surface area contributed by atoms with E-state index in [-0.39, 0.29) is 6.54 Å². The van der Waals surface area contributed by atoms with Crippen molar-refractivity contribution in [2.24, 2.45) is 0 Å². The molecule has 0 radical (unpaired) electrons. The van der Waals surface area contributed by atoms with Crippen molar-refractivity contribution in [3.63, 3.8) is 0 Å². The average Bonchev–Trinajstić information content (AvgIpc) is 2.35. The molecule has 17 heavy (non-hydrogen) atoms. The van der Waals surface area contributed by atoms with Gasteiger partial charge in [0.2, 0.25) is 0 Å². The van der Waals surface area contributed by atoms with Gasteiger partial charge in [-0.1, -0.05) is 0 Å². The Morgan fingerprint density at radius 3 is 2.65 bits per heavy atom. The maximum Gasteiger partial charge on any atom is 0.325 e. The molecule has 0 unspecified atom stereocenters. The standard InChI is InChI=1S/C11H14N2O4/c1-16-9-5-7(12)3-4-8(9)11(15)13-6-10(14)17-2/h3-5H,6,12H2,1-2H3,(H,13,15). The van der Waals surface area contributed by atoms with Gasteiger partial charge in [0.05, 0.1) is 19.8 Å². The Kier molecular flexibility index (Phi) is 4.33. The highest BCUT2D eigenvalue weighted by molar-refractivity contribution is 5.98. The van der Waals surface area contributed by atoms with E-state index >= 15 is 0 Å². The molecular weight excluding hydrogens is 224 g/mol. The topological polar surface area (TPSA) is 90.7 Å². The van der Waals surface area contributed by atoms with Gasteiger partial charge in [0.15, 0.2) is 0 Å². The quantitative estimate of drug-likeness (QED) is 0.576. The zero-order valence-electron chi connectivity index (χ0n) is 9.65. The fourth-order valence-corrected chi connectivity index (χ4v) is 1.22. The molecule has 0 aliphatic carbocycles. The highest BCUT2D eigenvalue weighted by atomic mass is 16.5. The van der Waals surface area contributed by atoms with Crippen molar-refractivity contribution in [2.75, 3.05) is 26.5 Å². The third kappa shape index (κ3) is 3.37. The molecular formula is C11H14N2O4. The molecule has 0 fully saturated rings. The first-order valence-electron chi connectivity index (χ1n) is 4.87. The number of carbonyl (C=O) groups is 2. The van der Waals surface area contributed by atoms with Gasteiger partial charge in [0, 0.05) is 11.8 Å². The molecule has 3 N–H and O–H groups in total. The van der Waals surface area contributed by atoms with Crippen LogP contribution in [0.5, 0.6) is 5.75 Å². The molecule has 1 aromatic rings. The Bertz CT molecular complexity index is 431. The molecule has 1 amide bonds. The third-order valence-electron chi connectivity index (χ3n) is 2.09. The van der Waals surface area contributed by atoms with Crippen molar-refractivity contribution < 1.29 is 19.1 Å². The Morgan fingerprint density at radius 2 is 2.06 bits per heavy atom. The summed E-state index contributed by atoms with van der Waals surface area (Å²) in [4.78, 5) is 22.6. The number of hydrogen-bond donors (Lipinski definition) is 2. The van der Waals surface area contributed by atoms with Crippen LogP contribution in [0.15, 0.2) is 18.2 Å². The predicted octanol–water partition coefficient (Wildman–Crippen LogP) is 0.180. The predicted molar refractivity (Wildman–Crippen MR) is 61.8 cm³/mol. The summed E-state index contributed by atoms with van der Waals surface area (Å²) in [6, 6.07) is 4.64. The second-order valence-electron chi connectivity index (χ2n) is 3.22. The van der Waals surface area contributed by atoms with E-state index in [2.05, 4.69) is 10.1 Å². The van der Waals surface area contributed by atoms with Crippen molar-refractivity contribution in [3.05, 3.63) is 23.8 Å². The Hall–Kier alpha value is -2.24. The second-order valence-corrected chi connectivity index (χ2v) is 3.22. The Morgan fingerprint density at radius 1 is 1.35 bits per heavy atom. The lowest BCUT2D eigenvalue weighted by Crippen LogP contribution is -2.30. The lowest BCUT2D eigenvalue weighted by Gasteiger charge is -2.09. The number of hydrogen-bond acceptors (Lipinski definition) is 5. The SMILES string of the molecule is COC(=O)CNC(=O)c1ccc(N)cc1OC. The van der Waals surface area contributed by atoms with Crippen molar-refractivity contribution in [2.45, 2.75) is 0 Å². The van der Waals surface area contributed by atoms with Gasteiger partial charge in [-0.15, -0.1) is 0 Å².